The number of rotatable bonds is 10. The molecular weight excluding hydrogens is 584 g/mol. The van der Waals surface area contributed by atoms with E-state index < -0.39 is 11.9 Å². The second kappa shape index (κ2) is 17.2. The number of aryl methyl sites for hydroxylation is 1. The van der Waals surface area contributed by atoms with E-state index in [0.717, 1.165) is 58.1 Å². The first-order valence-corrected chi connectivity index (χ1v) is 14.4. The molecule has 2 aromatic heterocycles. The molecular formula is C34H48FeN4O4. The van der Waals surface area contributed by atoms with Crippen LogP contribution in [0.5, 0.6) is 0 Å². The first-order valence-electron chi connectivity index (χ1n) is 14.4. The van der Waals surface area contributed by atoms with Crippen molar-refractivity contribution >= 4 is 24.1 Å². The third kappa shape index (κ3) is 9.67. The Morgan fingerprint density at radius 1 is 1.02 bits per heavy atom. The quantitative estimate of drug-likeness (QED) is 0.260. The molecule has 43 heavy (non-hydrogen) atoms. The fourth-order valence-electron chi connectivity index (χ4n) is 5.65. The first kappa shape index (κ1) is 37.9. The van der Waals surface area contributed by atoms with Gasteiger partial charge in [-0.1, -0.05) is 101 Å². The standard InChI is InChI=1S/C32H40N4O4.2CH4.Fe/c1-5-21-14-23-16-24-15-22(10-11-32(39)40)26(34-24)12-13-33-27(19(3)8-7-9-31(37)38)17-30-25(6-2)20(4)28(36-30)18-29(21)35-23;;;/h14-15,17-19,23H,5-13,16H2,1-4H3,(H,37,38)(H,39,40);2*1H4;/q-4;;;+4/b27-17-,29-18-;;;/t19-,23-;;;/m1.../s1. The molecule has 2 aliphatic rings. The van der Waals surface area contributed by atoms with Gasteiger partial charge in [0.2, 0.25) is 0 Å². The van der Waals surface area contributed by atoms with E-state index >= 15 is 0 Å². The van der Waals surface area contributed by atoms with E-state index in [9.17, 15) is 14.7 Å². The van der Waals surface area contributed by atoms with Crippen molar-refractivity contribution in [2.45, 2.75) is 106 Å². The van der Waals surface area contributed by atoms with Crippen molar-refractivity contribution in [1.29, 1.82) is 0 Å². The molecule has 0 fully saturated rings. The summed E-state index contributed by atoms with van der Waals surface area (Å²) >= 11 is 0. The number of carbonyl (C=O) groups is 2. The van der Waals surface area contributed by atoms with Gasteiger partial charge in [0, 0.05) is 12.8 Å². The minimum Gasteiger partial charge on any atom is -0.687 e. The number of carboxylic acids is 2. The van der Waals surface area contributed by atoms with E-state index in [1.165, 1.54) is 11.1 Å². The molecule has 4 heterocycles. The van der Waals surface area contributed by atoms with Crippen LogP contribution in [0.15, 0.2) is 29.1 Å². The smallest absolute Gasteiger partial charge is 0.687 e. The van der Waals surface area contributed by atoms with Crippen LogP contribution in [0.25, 0.3) is 22.8 Å². The van der Waals surface area contributed by atoms with Gasteiger partial charge < -0.3 is 30.8 Å². The molecule has 0 unspecified atom stereocenters. The van der Waals surface area contributed by atoms with Gasteiger partial charge in [-0.3, -0.25) is 9.59 Å². The number of hydrogen-bond acceptors (Lipinski definition) is 2. The number of carboxylic acid groups (broad SMARTS) is 2. The molecule has 9 heteroatoms. The van der Waals surface area contributed by atoms with E-state index in [1.807, 2.05) is 6.07 Å². The van der Waals surface area contributed by atoms with Crippen LogP contribution in [0, 0.1) is 12.8 Å². The summed E-state index contributed by atoms with van der Waals surface area (Å²) in [6, 6.07) is 2.04. The third-order valence-corrected chi connectivity index (χ3v) is 7.90. The van der Waals surface area contributed by atoms with E-state index in [2.05, 4.69) is 45.9 Å². The summed E-state index contributed by atoms with van der Waals surface area (Å²) in [6.07, 6.45) is 11.3. The van der Waals surface area contributed by atoms with Crippen LogP contribution in [0.1, 0.15) is 107 Å². The van der Waals surface area contributed by atoms with E-state index in [0.29, 0.717) is 38.6 Å². The zero-order chi connectivity index (χ0) is 28.8. The van der Waals surface area contributed by atoms with Crippen LogP contribution in [0.4, 0.5) is 0 Å². The summed E-state index contributed by atoms with van der Waals surface area (Å²) < 4.78 is 0. The normalized spacial score (nSPS) is 19.0. The van der Waals surface area contributed by atoms with Crippen molar-refractivity contribution in [2.75, 3.05) is 6.54 Å². The number of allylic oxidation sites excluding steroid dienone is 2. The Morgan fingerprint density at radius 2 is 1.74 bits per heavy atom. The Hall–Kier alpha value is -3.16. The molecule has 0 spiro atoms. The number of nitrogens with zero attached hydrogens (tertiary/aromatic N) is 4. The van der Waals surface area contributed by atoms with Gasteiger partial charge in [0.1, 0.15) is 0 Å². The summed E-state index contributed by atoms with van der Waals surface area (Å²) in [5, 5.41) is 28.4. The van der Waals surface area contributed by atoms with Crippen molar-refractivity contribution in [3.8, 4) is 0 Å². The SMILES string of the molecule is C.C.CCC1=C[C@@H]2Cc3cc(CCC(=O)O)c([n-]3)CC[N-]/C([C@H](C)CCCC(=O)O)=C\c3[n-]c(c(C)c3CC)/C=C/1[N-]2.[Fe+4]. The van der Waals surface area contributed by atoms with Crippen LogP contribution in [-0.2, 0) is 52.3 Å². The zero-order valence-corrected chi connectivity index (χ0v) is 25.5. The summed E-state index contributed by atoms with van der Waals surface area (Å²) in [4.78, 5) is 32.4. The Labute approximate surface area is 268 Å². The molecule has 236 valence electrons. The fraction of sp³-hybridized carbons (Fsp3) is 0.529. The summed E-state index contributed by atoms with van der Waals surface area (Å²) in [5.41, 5.74) is 10.1. The van der Waals surface area contributed by atoms with Gasteiger partial charge in [0.15, 0.2) is 0 Å². The van der Waals surface area contributed by atoms with Crippen molar-refractivity contribution in [3.05, 3.63) is 79.2 Å². The predicted octanol–water partition coefficient (Wildman–Crippen LogP) is 7.60. The number of hydrogen-bond donors (Lipinski definition) is 2. The molecule has 0 aliphatic carbocycles. The summed E-state index contributed by atoms with van der Waals surface area (Å²) in [5.74, 6) is -1.55. The molecule has 0 amide bonds. The van der Waals surface area contributed by atoms with E-state index in [-0.39, 0.29) is 56.7 Å². The molecule has 8 nitrogen and oxygen atoms in total. The fourth-order valence-corrected chi connectivity index (χ4v) is 5.65. The molecule has 0 aromatic carbocycles. The van der Waals surface area contributed by atoms with Gasteiger partial charge in [-0.2, -0.15) is 17.1 Å². The number of fused-ring (bicyclic) bond motifs is 6. The van der Waals surface area contributed by atoms with Crippen molar-refractivity contribution in [3.63, 3.8) is 0 Å². The molecule has 2 N–H and O–H groups in total. The van der Waals surface area contributed by atoms with Gasteiger partial charge in [0.25, 0.3) is 0 Å². The van der Waals surface area contributed by atoms with Gasteiger partial charge in [0.05, 0.1) is 0 Å². The first-order chi connectivity index (χ1) is 19.2. The molecule has 4 rings (SSSR count). The van der Waals surface area contributed by atoms with Crippen molar-refractivity contribution in [2.24, 2.45) is 5.92 Å². The van der Waals surface area contributed by atoms with Crippen molar-refractivity contribution < 1.29 is 36.9 Å². The summed E-state index contributed by atoms with van der Waals surface area (Å²) in [7, 11) is 0. The van der Waals surface area contributed by atoms with Crippen LogP contribution in [0.2, 0.25) is 0 Å². The molecule has 2 aliphatic heterocycles. The molecule has 2 atom stereocenters. The molecule has 0 radical (unpaired) electrons. The van der Waals surface area contributed by atoms with E-state index in [1.54, 1.807) is 0 Å². The minimum absolute atomic E-state index is 0. The largest absolute Gasteiger partial charge is 4.00 e. The molecule has 6 bridgehead atoms. The van der Waals surface area contributed by atoms with Crippen LogP contribution < -0.4 is 9.97 Å². The van der Waals surface area contributed by atoms with Crippen LogP contribution >= 0.6 is 0 Å². The van der Waals surface area contributed by atoms with Crippen LogP contribution in [0.3, 0.4) is 0 Å². The van der Waals surface area contributed by atoms with E-state index in [4.69, 9.17) is 25.7 Å². The Kier molecular flexibility index (Phi) is 15.2. The maximum atomic E-state index is 11.3. The Balaban J connectivity index is 0.00000308. The van der Waals surface area contributed by atoms with Crippen molar-refractivity contribution in [1.82, 2.24) is 9.97 Å². The minimum atomic E-state index is -0.823. The molecule has 0 saturated heterocycles. The van der Waals surface area contributed by atoms with Crippen LogP contribution in [-0.4, -0.2) is 34.7 Å². The van der Waals surface area contributed by atoms with Gasteiger partial charge in [-0.15, -0.1) is 23.6 Å². The van der Waals surface area contributed by atoms with Gasteiger partial charge >= 0.3 is 29.0 Å². The summed E-state index contributed by atoms with van der Waals surface area (Å²) in [6.45, 7) is 8.99. The maximum Gasteiger partial charge on any atom is 4.00 e. The topological polar surface area (TPSA) is 131 Å². The maximum absolute atomic E-state index is 11.3. The molecule has 2 aromatic rings. The zero-order valence-electron chi connectivity index (χ0n) is 24.4. The number of aromatic nitrogens is 2. The second-order valence-corrected chi connectivity index (χ2v) is 10.8. The molecule has 0 saturated carbocycles. The number of aliphatic carboxylic acids is 2. The average Bonchev–Trinajstić information content (AvgIpc) is 3.56. The van der Waals surface area contributed by atoms with Gasteiger partial charge in [-0.25, -0.2) is 0 Å². The van der Waals surface area contributed by atoms with Gasteiger partial charge in [-0.05, 0) is 44.9 Å². The second-order valence-electron chi connectivity index (χ2n) is 10.8. The Bertz CT molecular complexity index is 1330. The average molecular weight is 633 g/mol. The monoisotopic (exact) mass is 632 g/mol. The Morgan fingerprint density at radius 3 is 2.40 bits per heavy atom. The third-order valence-electron chi connectivity index (χ3n) is 7.90. The predicted molar refractivity (Wildman–Crippen MR) is 171 cm³/mol.